The highest BCUT2D eigenvalue weighted by Gasteiger charge is 2.14. The summed E-state index contributed by atoms with van der Waals surface area (Å²) in [6.07, 6.45) is 0. The highest BCUT2D eigenvalue weighted by atomic mass is 32.2. The van der Waals surface area contributed by atoms with E-state index >= 15 is 0 Å². The van der Waals surface area contributed by atoms with Crippen LogP contribution in [0.2, 0.25) is 0 Å². The Bertz CT molecular complexity index is 1100. The van der Waals surface area contributed by atoms with Crippen molar-refractivity contribution in [2.24, 2.45) is 0 Å². The Hall–Kier alpha value is -2.75. The van der Waals surface area contributed by atoms with Crippen molar-refractivity contribution in [1.29, 1.82) is 0 Å². The molecule has 0 atom stereocenters. The number of nitrogens with zero attached hydrogens (tertiary/aromatic N) is 2. The lowest BCUT2D eigenvalue weighted by Gasteiger charge is -2.09. The van der Waals surface area contributed by atoms with Gasteiger partial charge in [0, 0.05) is 23.6 Å². The number of anilines is 1. The molecule has 2 N–H and O–H groups in total. The standard InChI is InChI=1S/C21H22N4O3S2/c1-15-12-16(2)24-21(23-15)29-14-20(26)25-18-8-10-19(11-9-18)30(27,28)22-13-17-6-4-3-5-7-17/h3-12,22H,13-14H2,1-2H3,(H,25,26). The van der Waals surface area contributed by atoms with Crippen molar-refractivity contribution >= 4 is 33.4 Å². The van der Waals surface area contributed by atoms with Gasteiger partial charge in [0.1, 0.15) is 0 Å². The maximum Gasteiger partial charge on any atom is 0.240 e. The summed E-state index contributed by atoms with van der Waals surface area (Å²) in [5.41, 5.74) is 3.09. The largest absolute Gasteiger partial charge is 0.325 e. The number of carbonyl (C=O) groups excluding carboxylic acids is 1. The Labute approximate surface area is 180 Å². The molecule has 0 saturated heterocycles. The van der Waals surface area contributed by atoms with Crippen LogP contribution in [0.1, 0.15) is 17.0 Å². The lowest BCUT2D eigenvalue weighted by molar-refractivity contribution is -0.113. The van der Waals surface area contributed by atoms with Gasteiger partial charge in [0.05, 0.1) is 10.6 Å². The van der Waals surface area contributed by atoms with Gasteiger partial charge in [-0.15, -0.1) is 0 Å². The van der Waals surface area contributed by atoms with E-state index in [-0.39, 0.29) is 23.1 Å². The number of hydrogen-bond donors (Lipinski definition) is 2. The molecule has 0 spiro atoms. The van der Waals surface area contributed by atoms with E-state index in [1.165, 1.54) is 23.9 Å². The zero-order valence-corrected chi connectivity index (χ0v) is 18.3. The maximum absolute atomic E-state index is 12.4. The molecule has 1 amide bonds. The van der Waals surface area contributed by atoms with Gasteiger partial charge in [0.25, 0.3) is 0 Å². The van der Waals surface area contributed by atoms with Crippen LogP contribution in [0.4, 0.5) is 5.69 Å². The fourth-order valence-corrected chi connectivity index (χ4v) is 4.43. The molecule has 3 rings (SSSR count). The molecule has 0 unspecified atom stereocenters. The van der Waals surface area contributed by atoms with E-state index < -0.39 is 10.0 Å². The molecule has 0 bridgehead atoms. The number of amides is 1. The van der Waals surface area contributed by atoms with E-state index in [0.717, 1.165) is 17.0 Å². The predicted molar refractivity (Wildman–Crippen MR) is 118 cm³/mol. The summed E-state index contributed by atoms with van der Waals surface area (Å²) >= 11 is 1.25. The van der Waals surface area contributed by atoms with E-state index in [1.807, 2.05) is 50.2 Å². The summed E-state index contributed by atoms with van der Waals surface area (Å²) in [6, 6.07) is 17.2. The molecule has 1 aromatic heterocycles. The predicted octanol–water partition coefficient (Wildman–Crippen LogP) is 3.30. The van der Waals surface area contributed by atoms with Crippen LogP contribution >= 0.6 is 11.8 Å². The number of benzene rings is 2. The van der Waals surface area contributed by atoms with Gasteiger partial charge in [-0.3, -0.25) is 4.79 Å². The smallest absolute Gasteiger partial charge is 0.240 e. The van der Waals surface area contributed by atoms with Crippen molar-refractivity contribution in [3.8, 4) is 0 Å². The second-order valence-electron chi connectivity index (χ2n) is 6.60. The van der Waals surface area contributed by atoms with Crippen molar-refractivity contribution in [3.05, 3.63) is 77.6 Å². The first-order valence-electron chi connectivity index (χ1n) is 9.20. The van der Waals surface area contributed by atoms with Crippen LogP contribution < -0.4 is 10.0 Å². The summed E-state index contributed by atoms with van der Waals surface area (Å²) in [4.78, 5) is 20.9. The Morgan fingerprint density at radius 3 is 2.23 bits per heavy atom. The van der Waals surface area contributed by atoms with E-state index in [0.29, 0.717) is 10.8 Å². The molecule has 0 radical (unpaired) electrons. The zero-order chi connectivity index (χ0) is 21.6. The molecule has 2 aromatic carbocycles. The third kappa shape index (κ3) is 6.38. The van der Waals surface area contributed by atoms with Crippen molar-refractivity contribution in [2.45, 2.75) is 30.4 Å². The number of rotatable bonds is 8. The minimum absolute atomic E-state index is 0.134. The molecule has 1 heterocycles. The molecular formula is C21H22N4O3S2. The maximum atomic E-state index is 12.4. The van der Waals surface area contributed by atoms with Gasteiger partial charge in [-0.25, -0.2) is 23.1 Å². The van der Waals surface area contributed by atoms with E-state index in [1.54, 1.807) is 12.1 Å². The first-order valence-corrected chi connectivity index (χ1v) is 11.7. The summed E-state index contributed by atoms with van der Waals surface area (Å²) in [5, 5.41) is 3.30. The minimum atomic E-state index is -3.64. The average Bonchev–Trinajstić information content (AvgIpc) is 2.71. The Morgan fingerprint density at radius 2 is 1.60 bits per heavy atom. The van der Waals surface area contributed by atoms with Crippen molar-refractivity contribution in [3.63, 3.8) is 0 Å². The SMILES string of the molecule is Cc1cc(C)nc(SCC(=O)Nc2ccc(S(=O)(=O)NCc3ccccc3)cc2)n1. The van der Waals surface area contributed by atoms with Gasteiger partial charge in [-0.2, -0.15) is 0 Å². The molecular weight excluding hydrogens is 420 g/mol. The van der Waals surface area contributed by atoms with Gasteiger partial charge in [-0.05, 0) is 49.7 Å². The minimum Gasteiger partial charge on any atom is -0.325 e. The lowest BCUT2D eigenvalue weighted by atomic mass is 10.2. The molecule has 7 nitrogen and oxygen atoms in total. The van der Waals surface area contributed by atoms with Crippen LogP contribution in [0.25, 0.3) is 0 Å². The topological polar surface area (TPSA) is 101 Å². The molecule has 0 aliphatic carbocycles. The van der Waals surface area contributed by atoms with Crippen molar-refractivity contribution in [2.75, 3.05) is 11.1 Å². The van der Waals surface area contributed by atoms with E-state index in [9.17, 15) is 13.2 Å². The number of carbonyl (C=O) groups is 1. The van der Waals surface area contributed by atoms with Gasteiger partial charge >= 0.3 is 0 Å². The quantitative estimate of drug-likeness (QED) is 0.410. The first-order chi connectivity index (χ1) is 14.3. The summed E-state index contributed by atoms with van der Waals surface area (Å²) in [5.74, 6) is -0.0674. The van der Waals surface area contributed by atoms with E-state index in [2.05, 4.69) is 20.0 Å². The van der Waals surface area contributed by atoms with Crippen LogP contribution in [0.3, 0.4) is 0 Å². The molecule has 0 aliphatic heterocycles. The summed E-state index contributed by atoms with van der Waals surface area (Å²) in [7, 11) is -3.64. The second kappa shape index (κ2) is 9.84. The molecule has 30 heavy (non-hydrogen) atoms. The molecule has 3 aromatic rings. The number of sulfonamides is 1. The summed E-state index contributed by atoms with van der Waals surface area (Å²) < 4.78 is 27.4. The van der Waals surface area contributed by atoms with Crippen LogP contribution in [0.5, 0.6) is 0 Å². The van der Waals surface area contributed by atoms with Crippen LogP contribution in [0, 0.1) is 13.8 Å². The van der Waals surface area contributed by atoms with Gasteiger partial charge in [0.15, 0.2) is 5.16 Å². The Kier molecular flexibility index (Phi) is 7.20. The molecule has 0 fully saturated rings. The Morgan fingerprint density at radius 1 is 0.967 bits per heavy atom. The van der Waals surface area contributed by atoms with Crippen molar-refractivity contribution < 1.29 is 13.2 Å². The average molecular weight is 443 g/mol. The van der Waals surface area contributed by atoms with Crippen LogP contribution in [-0.4, -0.2) is 30.0 Å². The van der Waals surface area contributed by atoms with Crippen LogP contribution in [0.15, 0.2) is 70.7 Å². The normalized spacial score (nSPS) is 11.3. The summed E-state index contributed by atoms with van der Waals surface area (Å²) in [6.45, 7) is 3.96. The fraction of sp³-hybridized carbons (Fsp3) is 0.190. The number of hydrogen-bond acceptors (Lipinski definition) is 6. The number of thioether (sulfide) groups is 1. The second-order valence-corrected chi connectivity index (χ2v) is 9.31. The Balaban J connectivity index is 1.54. The van der Waals surface area contributed by atoms with Gasteiger partial charge in [-0.1, -0.05) is 42.1 Å². The third-order valence-corrected chi connectivity index (χ3v) is 6.32. The first kappa shape index (κ1) is 21.9. The van der Waals surface area contributed by atoms with Crippen molar-refractivity contribution in [1.82, 2.24) is 14.7 Å². The van der Waals surface area contributed by atoms with Gasteiger partial charge in [0.2, 0.25) is 15.9 Å². The number of aryl methyl sites for hydroxylation is 2. The highest BCUT2D eigenvalue weighted by molar-refractivity contribution is 7.99. The monoisotopic (exact) mass is 442 g/mol. The van der Waals surface area contributed by atoms with Gasteiger partial charge < -0.3 is 5.32 Å². The lowest BCUT2D eigenvalue weighted by Crippen LogP contribution is -2.23. The molecule has 9 heteroatoms. The van der Waals surface area contributed by atoms with E-state index in [4.69, 9.17) is 0 Å². The fourth-order valence-electron chi connectivity index (χ4n) is 2.66. The molecule has 0 aliphatic rings. The van der Waals surface area contributed by atoms with Crippen LogP contribution in [-0.2, 0) is 21.4 Å². The molecule has 0 saturated carbocycles. The number of nitrogens with one attached hydrogen (secondary N) is 2. The third-order valence-electron chi connectivity index (χ3n) is 4.05. The highest BCUT2D eigenvalue weighted by Crippen LogP contribution is 2.17. The zero-order valence-electron chi connectivity index (χ0n) is 16.6. The number of aromatic nitrogens is 2. The molecule has 156 valence electrons.